The molecule has 0 unspecified atom stereocenters. The van der Waals surface area contributed by atoms with Gasteiger partial charge in [-0.1, -0.05) is 15.9 Å². The van der Waals surface area contributed by atoms with E-state index in [9.17, 15) is 9.59 Å². The van der Waals surface area contributed by atoms with Crippen molar-refractivity contribution in [2.45, 2.75) is 0 Å². The van der Waals surface area contributed by atoms with Crippen LogP contribution in [0.15, 0.2) is 46.0 Å². The van der Waals surface area contributed by atoms with E-state index in [0.29, 0.717) is 28.5 Å². The maximum atomic E-state index is 12.1. The zero-order valence-electron chi connectivity index (χ0n) is 14.9. The number of ether oxygens (including phenoxy) is 3. The molecule has 0 atom stereocenters. The molecule has 9 heteroatoms. The fourth-order valence-electron chi connectivity index (χ4n) is 2.11. The van der Waals surface area contributed by atoms with Crippen LogP contribution in [-0.2, 0) is 9.59 Å². The van der Waals surface area contributed by atoms with E-state index in [1.807, 2.05) is 6.07 Å². The van der Waals surface area contributed by atoms with E-state index in [1.54, 1.807) is 30.3 Å². The summed E-state index contributed by atoms with van der Waals surface area (Å²) in [7, 11) is 4.46. The van der Waals surface area contributed by atoms with Gasteiger partial charge in [-0.3, -0.25) is 9.59 Å². The lowest BCUT2D eigenvalue weighted by Gasteiger charge is -2.11. The number of hydrogen-bond donors (Lipinski definition) is 2. The monoisotopic (exact) mass is 435 g/mol. The second kappa shape index (κ2) is 9.58. The summed E-state index contributed by atoms with van der Waals surface area (Å²) in [5.41, 5.74) is 3.09. The molecule has 0 saturated carbocycles. The van der Waals surface area contributed by atoms with Crippen molar-refractivity contribution in [1.29, 1.82) is 0 Å². The van der Waals surface area contributed by atoms with Gasteiger partial charge in [0.1, 0.15) is 17.2 Å². The lowest BCUT2D eigenvalue weighted by atomic mass is 10.2. The Labute approximate surface area is 164 Å². The topological polar surface area (TPSA) is 98.2 Å². The predicted molar refractivity (Wildman–Crippen MR) is 105 cm³/mol. The first kappa shape index (κ1) is 20.2. The van der Waals surface area contributed by atoms with Gasteiger partial charge in [0, 0.05) is 16.1 Å². The van der Waals surface area contributed by atoms with E-state index in [1.165, 1.54) is 27.5 Å². The first-order valence-electron chi connectivity index (χ1n) is 7.68. The number of amides is 2. The lowest BCUT2D eigenvalue weighted by Crippen LogP contribution is -2.32. The molecule has 2 rings (SSSR count). The molecule has 0 aliphatic carbocycles. The molecule has 2 aromatic rings. The quantitative estimate of drug-likeness (QED) is 0.412. The molecule has 0 spiro atoms. The van der Waals surface area contributed by atoms with Gasteiger partial charge in [0.2, 0.25) is 0 Å². The maximum absolute atomic E-state index is 12.1. The highest BCUT2D eigenvalue weighted by molar-refractivity contribution is 9.10. The Kier molecular flexibility index (Phi) is 7.18. The van der Waals surface area contributed by atoms with Gasteiger partial charge >= 0.3 is 11.8 Å². The van der Waals surface area contributed by atoms with Gasteiger partial charge in [-0.05, 0) is 30.3 Å². The van der Waals surface area contributed by atoms with Crippen LogP contribution >= 0.6 is 15.9 Å². The Bertz CT molecular complexity index is 870. The van der Waals surface area contributed by atoms with Gasteiger partial charge in [-0.15, -0.1) is 0 Å². The third-order valence-corrected chi connectivity index (χ3v) is 3.92. The number of nitrogens with one attached hydrogen (secondary N) is 2. The molecule has 8 nitrogen and oxygen atoms in total. The van der Waals surface area contributed by atoms with Gasteiger partial charge in [-0.25, -0.2) is 5.43 Å². The van der Waals surface area contributed by atoms with Crippen molar-refractivity contribution in [3.8, 4) is 17.2 Å². The number of rotatable bonds is 6. The average Bonchev–Trinajstić information content (AvgIpc) is 2.67. The fourth-order valence-corrected chi connectivity index (χ4v) is 2.49. The number of benzene rings is 2. The first-order valence-corrected chi connectivity index (χ1v) is 8.47. The zero-order chi connectivity index (χ0) is 19.8. The van der Waals surface area contributed by atoms with Crippen molar-refractivity contribution in [1.82, 2.24) is 5.43 Å². The largest absolute Gasteiger partial charge is 0.497 e. The Balaban J connectivity index is 2.04. The molecule has 0 fully saturated rings. The highest BCUT2D eigenvalue weighted by Gasteiger charge is 2.16. The van der Waals surface area contributed by atoms with Gasteiger partial charge in [0.25, 0.3) is 0 Å². The Morgan fingerprint density at radius 3 is 2.33 bits per heavy atom. The van der Waals surface area contributed by atoms with Gasteiger partial charge < -0.3 is 19.5 Å². The smallest absolute Gasteiger partial charge is 0.329 e. The molecule has 0 radical (unpaired) electrons. The number of hydrazone groups is 1. The van der Waals surface area contributed by atoms with Crippen molar-refractivity contribution in [2.24, 2.45) is 5.10 Å². The van der Waals surface area contributed by atoms with Crippen molar-refractivity contribution in [3.63, 3.8) is 0 Å². The summed E-state index contributed by atoms with van der Waals surface area (Å²) in [5.74, 6) is -0.377. The first-order chi connectivity index (χ1) is 13.0. The van der Waals surface area contributed by atoms with Crippen LogP contribution in [0.25, 0.3) is 0 Å². The van der Waals surface area contributed by atoms with Gasteiger partial charge in [0.05, 0.1) is 33.2 Å². The Morgan fingerprint density at radius 1 is 0.963 bits per heavy atom. The van der Waals surface area contributed by atoms with Crippen LogP contribution in [-0.4, -0.2) is 39.4 Å². The second-order valence-corrected chi connectivity index (χ2v) is 6.02. The second-order valence-electron chi connectivity index (χ2n) is 5.11. The van der Waals surface area contributed by atoms with Crippen LogP contribution in [0.3, 0.4) is 0 Å². The van der Waals surface area contributed by atoms with Crippen molar-refractivity contribution in [2.75, 3.05) is 26.6 Å². The summed E-state index contributed by atoms with van der Waals surface area (Å²) >= 11 is 3.34. The Morgan fingerprint density at radius 2 is 1.67 bits per heavy atom. The number of halogens is 1. The minimum absolute atomic E-state index is 0.301. The molecule has 2 aromatic carbocycles. The van der Waals surface area contributed by atoms with Gasteiger partial charge in [-0.2, -0.15) is 5.10 Å². The van der Waals surface area contributed by atoms with E-state index in [2.05, 4.69) is 31.8 Å². The van der Waals surface area contributed by atoms with Crippen molar-refractivity contribution >= 4 is 39.6 Å². The molecule has 142 valence electrons. The summed E-state index contributed by atoms with van der Waals surface area (Å²) in [4.78, 5) is 24.0. The third kappa shape index (κ3) is 5.45. The lowest BCUT2D eigenvalue weighted by molar-refractivity contribution is -0.136. The van der Waals surface area contributed by atoms with E-state index in [-0.39, 0.29) is 0 Å². The van der Waals surface area contributed by atoms with E-state index < -0.39 is 11.8 Å². The highest BCUT2D eigenvalue weighted by Crippen LogP contribution is 2.28. The molecule has 27 heavy (non-hydrogen) atoms. The fraction of sp³-hybridized carbons (Fsp3) is 0.167. The third-order valence-electron chi connectivity index (χ3n) is 3.42. The SMILES string of the molecule is COc1ccc(OC)c(NC(=O)C(=O)N/N=C\c2cc(Br)ccc2OC)c1. The standard InChI is InChI=1S/C18H18BrN3O5/c1-25-13-5-7-16(27-3)14(9-13)21-17(23)18(24)22-20-10-11-8-12(19)4-6-15(11)26-2/h4-10H,1-3H3,(H,21,23)(H,22,24)/b20-10-. The normalized spacial score (nSPS) is 10.4. The maximum Gasteiger partial charge on any atom is 0.329 e. The van der Waals surface area contributed by atoms with E-state index >= 15 is 0 Å². The molecule has 0 bridgehead atoms. The van der Waals surface area contributed by atoms with Crippen LogP contribution in [0.5, 0.6) is 17.2 Å². The van der Waals surface area contributed by atoms with Crippen molar-refractivity contribution < 1.29 is 23.8 Å². The van der Waals surface area contributed by atoms with Crippen LogP contribution in [0.2, 0.25) is 0 Å². The number of carbonyl (C=O) groups is 2. The summed E-state index contributed by atoms with van der Waals surface area (Å²) < 4.78 is 16.3. The predicted octanol–water partition coefficient (Wildman–Crippen LogP) is 2.56. The van der Waals surface area contributed by atoms with Crippen molar-refractivity contribution in [3.05, 3.63) is 46.4 Å². The molecule has 0 aliphatic heterocycles. The summed E-state index contributed by atoms with van der Waals surface area (Å²) in [6.45, 7) is 0. The summed E-state index contributed by atoms with van der Waals surface area (Å²) in [5, 5.41) is 6.24. The molecule has 2 N–H and O–H groups in total. The molecule has 0 aromatic heterocycles. The van der Waals surface area contributed by atoms with Crippen LogP contribution in [0.1, 0.15) is 5.56 Å². The molecular formula is C18H18BrN3O5. The average molecular weight is 436 g/mol. The minimum atomic E-state index is -0.940. The number of methoxy groups -OCH3 is 3. The Hall–Kier alpha value is -3.07. The number of hydrogen-bond acceptors (Lipinski definition) is 6. The van der Waals surface area contributed by atoms with Crippen LogP contribution in [0.4, 0.5) is 5.69 Å². The molecule has 2 amide bonds. The van der Waals surface area contributed by atoms with Crippen LogP contribution < -0.4 is 25.0 Å². The zero-order valence-corrected chi connectivity index (χ0v) is 16.5. The molecule has 0 aliphatic rings. The van der Waals surface area contributed by atoms with Gasteiger partial charge in [0.15, 0.2) is 0 Å². The van der Waals surface area contributed by atoms with E-state index in [4.69, 9.17) is 14.2 Å². The molecular weight excluding hydrogens is 418 g/mol. The summed E-state index contributed by atoms with van der Waals surface area (Å²) in [6.07, 6.45) is 1.38. The number of anilines is 1. The minimum Gasteiger partial charge on any atom is -0.497 e. The molecule has 0 saturated heterocycles. The number of nitrogens with zero attached hydrogens (tertiary/aromatic N) is 1. The molecule has 0 heterocycles. The number of carbonyl (C=O) groups excluding carboxylic acids is 2. The summed E-state index contributed by atoms with van der Waals surface area (Å²) in [6, 6.07) is 10.1. The van der Waals surface area contributed by atoms with E-state index in [0.717, 1.165) is 4.47 Å². The highest BCUT2D eigenvalue weighted by atomic mass is 79.9. The van der Waals surface area contributed by atoms with Crippen LogP contribution in [0, 0.1) is 0 Å².